The number of ether oxygens (including phenoxy) is 1. The van der Waals surface area contributed by atoms with E-state index in [0.717, 1.165) is 18.4 Å². The average Bonchev–Trinajstić information content (AvgIpc) is 3.65. The number of nitrogens with one attached hydrogen (secondary N) is 3. The van der Waals surface area contributed by atoms with Gasteiger partial charge in [0.25, 0.3) is 11.8 Å². The average molecular weight is 466 g/mol. The molecule has 180 valence electrons. The summed E-state index contributed by atoms with van der Waals surface area (Å²) in [5, 5.41) is 8.15. The fourth-order valence-electron chi connectivity index (χ4n) is 3.49. The molecule has 2 aromatic carbocycles. The van der Waals surface area contributed by atoms with Gasteiger partial charge in [0, 0.05) is 18.0 Å². The molecule has 1 unspecified atom stereocenters. The number of hydrogen-bond acceptors (Lipinski definition) is 5. The molecule has 34 heavy (non-hydrogen) atoms. The maximum atomic E-state index is 13.2. The van der Waals surface area contributed by atoms with E-state index in [1.54, 1.807) is 38.1 Å². The summed E-state index contributed by atoms with van der Waals surface area (Å²) in [6.45, 7) is 3.59. The molecule has 0 bridgehead atoms. The minimum atomic E-state index is -1.05. The van der Waals surface area contributed by atoms with Gasteiger partial charge < -0.3 is 20.7 Å². The summed E-state index contributed by atoms with van der Waals surface area (Å²) >= 11 is 0. The summed E-state index contributed by atoms with van der Waals surface area (Å²) in [6.07, 6.45) is 1.86. The third-order valence-electron chi connectivity index (χ3n) is 5.62. The molecule has 1 aliphatic rings. The zero-order valence-electron chi connectivity index (χ0n) is 19.7. The summed E-state index contributed by atoms with van der Waals surface area (Å²) < 4.78 is 5.16. The minimum absolute atomic E-state index is 0.0232. The fraction of sp³-hybridized carbons (Fsp3) is 0.385. The second kappa shape index (κ2) is 11.4. The molecule has 0 radical (unpaired) electrons. The highest BCUT2D eigenvalue weighted by Crippen LogP contribution is 2.19. The van der Waals surface area contributed by atoms with E-state index >= 15 is 0 Å². The van der Waals surface area contributed by atoms with Gasteiger partial charge in [0.05, 0.1) is 7.11 Å². The number of ketones is 1. The Labute approximate surface area is 199 Å². The van der Waals surface area contributed by atoms with E-state index < -0.39 is 35.6 Å². The van der Waals surface area contributed by atoms with Crippen LogP contribution in [0.2, 0.25) is 0 Å². The molecule has 0 aromatic heterocycles. The zero-order valence-corrected chi connectivity index (χ0v) is 19.7. The van der Waals surface area contributed by atoms with E-state index in [9.17, 15) is 19.2 Å². The lowest BCUT2D eigenvalue weighted by molar-refractivity contribution is -0.140. The van der Waals surface area contributed by atoms with Crippen LogP contribution in [0.1, 0.15) is 42.6 Å². The molecule has 2 aromatic rings. The molecule has 0 heterocycles. The van der Waals surface area contributed by atoms with Gasteiger partial charge >= 0.3 is 0 Å². The molecule has 2 atom stereocenters. The Bertz CT molecular complexity index is 1030. The molecule has 1 aliphatic carbocycles. The smallest absolute Gasteiger partial charge is 0.289 e. The molecule has 3 N–H and O–H groups in total. The first kappa shape index (κ1) is 25.0. The SMILES string of the molecule is COc1cccc(C(=O)N[C@H](C(=O)NC(Cc2ccccc2)C(=O)C(=O)NC2CC2)C(C)C)c1. The van der Waals surface area contributed by atoms with Gasteiger partial charge in [0.2, 0.25) is 11.7 Å². The normalized spacial score (nSPS) is 14.6. The van der Waals surface area contributed by atoms with Crippen molar-refractivity contribution in [1.82, 2.24) is 16.0 Å². The standard InChI is InChI=1S/C26H31N3O5/c1-16(2)22(29-24(31)18-10-7-11-20(15-18)34-3)25(32)28-21(14-17-8-5-4-6-9-17)23(30)26(33)27-19-12-13-19/h4-11,15-16,19,21-22H,12-14H2,1-3H3,(H,27,33)(H,28,32)(H,29,31)/t21?,22-/m0/s1. The number of carbonyl (C=O) groups excluding carboxylic acids is 4. The topological polar surface area (TPSA) is 114 Å². The van der Waals surface area contributed by atoms with Crippen LogP contribution < -0.4 is 20.7 Å². The Morgan fingerprint density at radius 3 is 2.29 bits per heavy atom. The van der Waals surface area contributed by atoms with Gasteiger partial charge in [0.15, 0.2) is 0 Å². The molecular formula is C26H31N3O5. The number of benzene rings is 2. The van der Waals surface area contributed by atoms with Gasteiger partial charge in [-0.2, -0.15) is 0 Å². The van der Waals surface area contributed by atoms with E-state index in [0.29, 0.717) is 11.3 Å². The van der Waals surface area contributed by atoms with E-state index in [4.69, 9.17) is 4.74 Å². The van der Waals surface area contributed by atoms with Crippen molar-refractivity contribution >= 4 is 23.5 Å². The van der Waals surface area contributed by atoms with Crippen molar-refractivity contribution in [2.45, 2.75) is 51.2 Å². The molecule has 0 saturated heterocycles. The van der Waals surface area contributed by atoms with Crippen LogP contribution in [0.3, 0.4) is 0 Å². The number of methoxy groups -OCH3 is 1. The van der Waals surface area contributed by atoms with E-state index in [2.05, 4.69) is 16.0 Å². The van der Waals surface area contributed by atoms with Gasteiger partial charge in [-0.25, -0.2) is 0 Å². The quantitative estimate of drug-likeness (QED) is 0.440. The molecule has 3 amide bonds. The fourth-order valence-corrected chi connectivity index (χ4v) is 3.49. The number of rotatable bonds is 11. The molecule has 8 heteroatoms. The summed E-state index contributed by atoms with van der Waals surface area (Å²) in [5.41, 5.74) is 1.15. The Balaban J connectivity index is 1.74. The second-order valence-corrected chi connectivity index (χ2v) is 8.79. The lowest BCUT2D eigenvalue weighted by atomic mass is 9.98. The van der Waals surface area contributed by atoms with Crippen molar-refractivity contribution in [3.8, 4) is 5.75 Å². The molecular weight excluding hydrogens is 434 g/mol. The van der Waals surface area contributed by atoms with Crippen LogP contribution in [0.4, 0.5) is 0 Å². The maximum Gasteiger partial charge on any atom is 0.289 e. The van der Waals surface area contributed by atoms with Crippen molar-refractivity contribution in [3.05, 3.63) is 65.7 Å². The van der Waals surface area contributed by atoms with Gasteiger partial charge in [0.1, 0.15) is 17.8 Å². The Hall–Kier alpha value is -3.68. The monoisotopic (exact) mass is 465 g/mol. The Kier molecular flexibility index (Phi) is 8.40. The van der Waals surface area contributed by atoms with Gasteiger partial charge in [-0.1, -0.05) is 50.2 Å². The molecule has 1 saturated carbocycles. The highest BCUT2D eigenvalue weighted by Gasteiger charge is 2.34. The molecule has 8 nitrogen and oxygen atoms in total. The van der Waals surface area contributed by atoms with Gasteiger partial charge in [-0.15, -0.1) is 0 Å². The van der Waals surface area contributed by atoms with Crippen molar-refractivity contribution in [2.24, 2.45) is 5.92 Å². The van der Waals surface area contributed by atoms with Crippen LogP contribution in [0, 0.1) is 5.92 Å². The van der Waals surface area contributed by atoms with Crippen molar-refractivity contribution in [2.75, 3.05) is 7.11 Å². The molecule has 3 rings (SSSR count). The predicted molar refractivity (Wildman–Crippen MR) is 127 cm³/mol. The molecule has 0 spiro atoms. The number of Topliss-reactive ketones (excluding diaryl/α,β-unsaturated/α-hetero) is 1. The first-order valence-corrected chi connectivity index (χ1v) is 11.4. The van der Waals surface area contributed by atoms with Gasteiger partial charge in [-0.3, -0.25) is 19.2 Å². The predicted octanol–water partition coefficient (Wildman–Crippen LogP) is 2.02. The second-order valence-electron chi connectivity index (χ2n) is 8.79. The van der Waals surface area contributed by atoms with E-state index in [1.807, 2.05) is 30.3 Å². The lowest BCUT2D eigenvalue weighted by Crippen LogP contribution is -2.56. The Morgan fingerprint density at radius 1 is 0.971 bits per heavy atom. The van der Waals surface area contributed by atoms with Crippen LogP contribution in [0.15, 0.2) is 54.6 Å². The minimum Gasteiger partial charge on any atom is -0.497 e. The zero-order chi connectivity index (χ0) is 24.7. The third kappa shape index (κ3) is 6.91. The highest BCUT2D eigenvalue weighted by molar-refractivity contribution is 6.38. The Morgan fingerprint density at radius 2 is 1.68 bits per heavy atom. The molecule has 1 fully saturated rings. The van der Waals surface area contributed by atoms with Crippen LogP contribution in [-0.4, -0.2) is 48.7 Å². The molecule has 0 aliphatic heterocycles. The van der Waals surface area contributed by atoms with Gasteiger partial charge in [-0.05, 0) is 42.5 Å². The van der Waals surface area contributed by atoms with E-state index in [1.165, 1.54) is 7.11 Å². The number of amides is 3. The van der Waals surface area contributed by atoms with E-state index in [-0.39, 0.29) is 18.4 Å². The van der Waals surface area contributed by atoms with Crippen LogP contribution in [0.25, 0.3) is 0 Å². The number of carbonyl (C=O) groups is 4. The van der Waals surface area contributed by atoms with Crippen LogP contribution in [-0.2, 0) is 20.8 Å². The van der Waals surface area contributed by atoms with Crippen molar-refractivity contribution in [3.63, 3.8) is 0 Å². The van der Waals surface area contributed by atoms with Crippen molar-refractivity contribution < 1.29 is 23.9 Å². The first-order valence-electron chi connectivity index (χ1n) is 11.4. The van der Waals surface area contributed by atoms with Crippen molar-refractivity contribution in [1.29, 1.82) is 0 Å². The largest absolute Gasteiger partial charge is 0.497 e. The van der Waals surface area contributed by atoms with Crippen LogP contribution >= 0.6 is 0 Å². The third-order valence-corrected chi connectivity index (χ3v) is 5.62. The first-order chi connectivity index (χ1) is 16.3. The maximum absolute atomic E-state index is 13.2. The summed E-state index contributed by atoms with van der Waals surface area (Å²) in [4.78, 5) is 51.4. The lowest BCUT2D eigenvalue weighted by Gasteiger charge is -2.25. The summed E-state index contributed by atoms with van der Waals surface area (Å²) in [6, 6.07) is 13.8. The summed E-state index contributed by atoms with van der Waals surface area (Å²) in [7, 11) is 1.50. The summed E-state index contributed by atoms with van der Waals surface area (Å²) in [5.74, 6) is -2.11. The number of hydrogen-bond donors (Lipinski definition) is 3. The highest BCUT2D eigenvalue weighted by atomic mass is 16.5. The van der Waals surface area contributed by atoms with Crippen LogP contribution in [0.5, 0.6) is 5.75 Å².